The van der Waals surface area contributed by atoms with Gasteiger partial charge in [0.2, 0.25) is 0 Å². The Labute approximate surface area is 193 Å². The number of aryl methyl sites for hydroxylation is 1. The first-order valence-corrected chi connectivity index (χ1v) is 12.0. The number of nitrogens with one attached hydrogen (secondary N) is 2. The fraction of sp³-hybridized carbons (Fsp3) is 0.0435. The van der Waals surface area contributed by atoms with Crippen molar-refractivity contribution in [1.29, 1.82) is 0 Å². The maximum Gasteiger partial charge on any atom is 0.261 e. The van der Waals surface area contributed by atoms with Gasteiger partial charge in [0.1, 0.15) is 0 Å². The fourth-order valence-electron chi connectivity index (χ4n) is 2.98. The van der Waals surface area contributed by atoms with E-state index in [0.717, 1.165) is 22.5 Å². The van der Waals surface area contributed by atoms with Crippen LogP contribution in [0.5, 0.6) is 0 Å². The molecular formula is C23H17F2N3O3S2. The molecule has 0 saturated carbocycles. The quantitative estimate of drug-likeness (QED) is 0.380. The molecule has 0 atom stereocenters. The largest absolute Gasteiger partial charge is 0.298 e. The molecule has 0 aliphatic heterocycles. The van der Waals surface area contributed by atoms with Crippen LogP contribution < -0.4 is 10.0 Å². The maximum atomic E-state index is 13.9. The average molecular weight is 486 g/mol. The summed E-state index contributed by atoms with van der Waals surface area (Å²) in [6.45, 7) is 1.80. The smallest absolute Gasteiger partial charge is 0.261 e. The van der Waals surface area contributed by atoms with Crippen molar-refractivity contribution in [2.24, 2.45) is 0 Å². The number of benzene rings is 3. The molecule has 1 amide bonds. The normalized spacial score (nSPS) is 11.2. The summed E-state index contributed by atoms with van der Waals surface area (Å²) in [4.78, 5) is 17.1. The molecule has 0 aliphatic rings. The van der Waals surface area contributed by atoms with Crippen molar-refractivity contribution in [1.82, 2.24) is 4.98 Å². The van der Waals surface area contributed by atoms with E-state index in [2.05, 4.69) is 15.0 Å². The van der Waals surface area contributed by atoms with Crippen molar-refractivity contribution >= 4 is 38.1 Å². The highest BCUT2D eigenvalue weighted by Crippen LogP contribution is 2.28. The third-order valence-corrected chi connectivity index (χ3v) is 6.81. The zero-order chi connectivity index (χ0) is 23.6. The number of carbonyl (C=O) groups is 1. The van der Waals surface area contributed by atoms with Gasteiger partial charge in [-0.05, 0) is 25.1 Å². The number of amides is 1. The first-order chi connectivity index (χ1) is 15.7. The molecule has 0 saturated heterocycles. The number of hydrogen-bond donors (Lipinski definition) is 2. The Morgan fingerprint density at radius 1 is 0.970 bits per heavy atom. The lowest BCUT2D eigenvalue weighted by atomic mass is 10.1. The lowest BCUT2D eigenvalue weighted by molar-refractivity contribution is 0.102. The average Bonchev–Trinajstić information content (AvgIpc) is 3.25. The minimum absolute atomic E-state index is 0.0865. The Hall–Kier alpha value is -3.63. The number of halogens is 2. The molecule has 1 aromatic heterocycles. The summed E-state index contributed by atoms with van der Waals surface area (Å²) in [5, 5.41) is 4.46. The topological polar surface area (TPSA) is 88.2 Å². The number of rotatable bonds is 6. The number of nitrogens with zero attached hydrogens (tertiary/aromatic N) is 1. The van der Waals surface area contributed by atoms with Gasteiger partial charge in [-0.15, -0.1) is 11.3 Å². The van der Waals surface area contributed by atoms with E-state index in [-0.39, 0.29) is 15.6 Å². The molecule has 6 nitrogen and oxygen atoms in total. The van der Waals surface area contributed by atoms with Gasteiger partial charge in [0, 0.05) is 17.0 Å². The Balaban J connectivity index is 1.62. The zero-order valence-electron chi connectivity index (χ0n) is 17.2. The molecule has 0 bridgehead atoms. The molecule has 2 N–H and O–H groups in total. The van der Waals surface area contributed by atoms with Crippen molar-refractivity contribution in [2.75, 3.05) is 10.0 Å². The second-order valence-corrected chi connectivity index (χ2v) is 9.63. The molecule has 33 heavy (non-hydrogen) atoms. The molecule has 0 aliphatic carbocycles. The first kappa shape index (κ1) is 22.6. The van der Waals surface area contributed by atoms with Crippen LogP contribution in [0, 0.1) is 18.6 Å². The second kappa shape index (κ2) is 9.08. The van der Waals surface area contributed by atoms with E-state index in [4.69, 9.17) is 0 Å². The van der Waals surface area contributed by atoms with Crippen LogP contribution >= 0.6 is 11.3 Å². The minimum atomic E-state index is -4.15. The van der Waals surface area contributed by atoms with Gasteiger partial charge in [0.25, 0.3) is 15.9 Å². The number of anilines is 2. The SMILES string of the molecule is Cc1ccc(S(=O)(=O)Nc2cc(F)c(F)cc2C(=O)Nc2nc(-c3ccccc3)cs2)cc1. The third-order valence-electron chi connectivity index (χ3n) is 4.67. The van der Waals surface area contributed by atoms with E-state index in [1.807, 2.05) is 30.3 Å². The second-order valence-electron chi connectivity index (χ2n) is 7.09. The lowest BCUT2D eigenvalue weighted by Crippen LogP contribution is -2.19. The third kappa shape index (κ3) is 5.07. The van der Waals surface area contributed by atoms with E-state index in [0.29, 0.717) is 17.8 Å². The molecule has 0 fully saturated rings. The number of carbonyl (C=O) groups excluding carboxylic acids is 1. The van der Waals surface area contributed by atoms with Gasteiger partial charge < -0.3 is 0 Å². The molecule has 168 valence electrons. The molecule has 0 unspecified atom stereocenters. The minimum Gasteiger partial charge on any atom is -0.298 e. The van der Waals surface area contributed by atoms with E-state index >= 15 is 0 Å². The van der Waals surface area contributed by atoms with E-state index in [9.17, 15) is 22.0 Å². The van der Waals surface area contributed by atoms with E-state index in [1.165, 1.54) is 12.1 Å². The molecule has 0 spiro atoms. The van der Waals surface area contributed by atoms with E-state index < -0.39 is 33.3 Å². The fourth-order valence-corrected chi connectivity index (χ4v) is 4.76. The highest BCUT2D eigenvalue weighted by atomic mass is 32.2. The number of hydrogen-bond acceptors (Lipinski definition) is 5. The van der Waals surface area contributed by atoms with Crippen LogP contribution in [-0.4, -0.2) is 19.3 Å². The van der Waals surface area contributed by atoms with Crippen molar-refractivity contribution in [3.63, 3.8) is 0 Å². The molecule has 4 rings (SSSR count). The highest BCUT2D eigenvalue weighted by Gasteiger charge is 2.22. The summed E-state index contributed by atoms with van der Waals surface area (Å²) in [5.74, 6) is -3.43. The molecule has 4 aromatic rings. The summed E-state index contributed by atoms with van der Waals surface area (Å²) in [7, 11) is -4.15. The first-order valence-electron chi connectivity index (χ1n) is 9.64. The standard InChI is InChI=1S/C23H17F2N3O3S2/c1-14-7-9-16(10-8-14)33(30,31)28-20-12-19(25)18(24)11-17(20)22(29)27-23-26-21(13-32-23)15-5-3-2-4-6-15/h2-13,28H,1H3,(H,26,27,29). The predicted octanol–water partition coefficient (Wildman–Crippen LogP) is 5.45. The molecule has 3 aromatic carbocycles. The van der Waals surface area contributed by atoms with Gasteiger partial charge in [0.15, 0.2) is 16.8 Å². The number of aromatic nitrogens is 1. The summed E-state index contributed by atoms with van der Waals surface area (Å²) in [6.07, 6.45) is 0. The monoisotopic (exact) mass is 485 g/mol. The van der Waals surface area contributed by atoms with Crippen molar-refractivity contribution in [3.8, 4) is 11.3 Å². The Kier molecular flexibility index (Phi) is 6.21. The van der Waals surface area contributed by atoms with Gasteiger partial charge in [-0.2, -0.15) is 0 Å². The van der Waals surface area contributed by atoms with Crippen LogP contribution in [0.3, 0.4) is 0 Å². The van der Waals surface area contributed by atoms with Gasteiger partial charge in [-0.1, -0.05) is 48.0 Å². The van der Waals surface area contributed by atoms with Crippen LogP contribution in [0.1, 0.15) is 15.9 Å². The molecular weight excluding hydrogens is 468 g/mol. The molecule has 10 heteroatoms. The summed E-state index contributed by atoms with van der Waals surface area (Å²) in [6, 6.07) is 16.5. The van der Waals surface area contributed by atoms with Crippen molar-refractivity contribution < 1.29 is 22.0 Å². The Morgan fingerprint density at radius 3 is 2.33 bits per heavy atom. The summed E-state index contributed by atoms with van der Waals surface area (Å²) < 4.78 is 55.5. The highest BCUT2D eigenvalue weighted by molar-refractivity contribution is 7.92. The summed E-state index contributed by atoms with van der Waals surface area (Å²) >= 11 is 1.14. The molecule has 0 radical (unpaired) electrons. The van der Waals surface area contributed by atoms with Crippen LogP contribution in [0.25, 0.3) is 11.3 Å². The van der Waals surface area contributed by atoms with Crippen molar-refractivity contribution in [2.45, 2.75) is 11.8 Å². The van der Waals surface area contributed by atoms with Gasteiger partial charge in [-0.3, -0.25) is 14.8 Å². The zero-order valence-corrected chi connectivity index (χ0v) is 18.8. The number of sulfonamides is 1. The Bertz CT molecular complexity index is 1420. The van der Waals surface area contributed by atoms with Gasteiger partial charge in [0.05, 0.1) is 21.8 Å². The summed E-state index contributed by atoms with van der Waals surface area (Å²) in [5.41, 5.74) is 1.53. The van der Waals surface area contributed by atoms with E-state index in [1.54, 1.807) is 24.4 Å². The van der Waals surface area contributed by atoms with Crippen LogP contribution in [-0.2, 0) is 10.0 Å². The maximum absolute atomic E-state index is 13.9. The van der Waals surface area contributed by atoms with Crippen LogP contribution in [0.15, 0.2) is 77.0 Å². The van der Waals surface area contributed by atoms with Gasteiger partial charge in [-0.25, -0.2) is 22.2 Å². The lowest BCUT2D eigenvalue weighted by Gasteiger charge is -2.13. The van der Waals surface area contributed by atoms with Crippen LogP contribution in [0.2, 0.25) is 0 Å². The van der Waals surface area contributed by atoms with Crippen LogP contribution in [0.4, 0.5) is 19.6 Å². The number of thiazole rings is 1. The molecule has 1 heterocycles. The Morgan fingerprint density at radius 2 is 1.64 bits per heavy atom. The van der Waals surface area contributed by atoms with Gasteiger partial charge >= 0.3 is 0 Å². The van der Waals surface area contributed by atoms with Crippen molar-refractivity contribution in [3.05, 3.63) is 94.9 Å². The predicted molar refractivity (Wildman–Crippen MR) is 124 cm³/mol.